The summed E-state index contributed by atoms with van der Waals surface area (Å²) in [5.74, 6) is -1.28. The second kappa shape index (κ2) is 3.95. The van der Waals surface area contributed by atoms with Gasteiger partial charge in [0.05, 0.1) is 12.8 Å². The van der Waals surface area contributed by atoms with E-state index < -0.39 is 23.5 Å². The number of carbonyl (C=O) groups is 2. The molecule has 0 unspecified atom stereocenters. The van der Waals surface area contributed by atoms with Crippen LogP contribution in [0.5, 0.6) is 0 Å². The molecule has 1 atom stereocenters. The van der Waals surface area contributed by atoms with Crippen LogP contribution in [0.3, 0.4) is 0 Å². The average Bonchev–Trinajstić information content (AvgIpc) is 2.99. The molecule has 1 rings (SSSR count). The molecule has 14 heavy (non-hydrogen) atoms. The molecule has 1 aliphatic rings. The maximum atomic E-state index is 11.6. The highest BCUT2D eigenvalue weighted by molar-refractivity contribution is 6.38. The first-order chi connectivity index (χ1) is 6.62. The number of carbonyl (C=O) groups excluding carboxylic acids is 2. The smallest absolute Gasteiger partial charge is 0.230 e. The summed E-state index contributed by atoms with van der Waals surface area (Å²) in [4.78, 5) is 22.8. The van der Waals surface area contributed by atoms with Crippen LogP contribution in [0.1, 0.15) is 0 Å². The Morgan fingerprint density at radius 3 is 2.29 bits per heavy atom. The molecule has 78 valence electrons. The summed E-state index contributed by atoms with van der Waals surface area (Å²) in [6, 6.07) is 0. The second-order valence-corrected chi connectivity index (χ2v) is 2.79. The zero-order chi connectivity index (χ0) is 10.8. The van der Waals surface area contributed by atoms with Crippen molar-refractivity contribution in [2.75, 3.05) is 20.8 Å². The van der Waals surface area contributed by atoms with Crippen LogP contribution in [0.2, 0.25) is 0 Å². The fraction of sp³-hybridized carbons (Fsp3) is 0.625. The highest BCUT2D eigenvalue weighted by Crippen LogP contribution is 2.30. The zero-order valence-electron chi connectivity index (χ0n) is 7.90. The lowest BCUT2D eigenvalue weighted by Gasteiger charge is -2.14. The van der Waals surface area contributed by atoms with Crippen LogP contribution in [0.4, 0.5) is 0 Å². The van der Waals surface area contributed by atoms with E-state index in [0.29, 0.717) is 6.21 Å². The van der Waals surface area contributed by atoms with Crippen molar-refractivity contribution in [2.24, 2.45) is 0 Å². The molecule has 0 aromatic carbocycles. The number of hydrogen-bond donors (Lipinski definition) is 1. The largest absolute Gasteiger partial charge is 0.353 e. The molecular formula is C8H11NO5. The minimum absolute atomic E-state index is 0.0106. The lowest BCUT2D eigenvalue weighted by molar-refractivity contribution is -0.163. The second-order valence-electron chi connectivity index (χ2n) is 2.79. The third-order valence-electron chi connectivity index (χ3n) is 2.00. The Kier molecular flexibility index (Phi) is 3.10. The SMILES string of the molecule is COC(OC)C(=O)[C@@]1(C(=O)C=N)CO1. The Hall–Kier alpha value is -1.11. The van der Waals surface area contributed by atoms with Crippen molar-refractivity contribution in [3.63, 3.8) is 0 Å². The van der Waals surface area contributed by atoms with E-state index in [-0.39, 0.29) is 6.61 Å². The number of ketones is 2. The molecule has 0 radical (unpaired) electrons. The minimum Gasteiger partial charge on any atom is -0.353 e. The van der Waals surface area contributed by atoms with Gasteiger partial charge in [0.2, 0.25) is 23.5 Å². The maximum Gasteiger partial charge on any atom is 0.230 e. The molecule has 0 aromatic rings. The zero-order valence-corrected chi connectivity index (χ0v) is 7.90. The predicted octanol–water partition coefficient (Wildman–Crippen LogP) is -0.838. The van der Waals surface area contributed by atoms with E-state index in [1.807, 2.05) is 0 Å². The molecule has 1 fully saturated rings. The van der Waals surface area contributed by atoms with Crippen LogP contribution in [-0.2, 0) is 23.8 Å². The predicted molar refractivity (Wildman–Crippen MR) is 45.3 cm³/mol. The molecule has 0 aliphatic carbocycles. The Balaban J connectivity index is 2.78. The topological polar surface area (TPSA) is 89.0 Å². The average molecular weight is 201 g/mol. The number of rotatable bonds is 6. The first-order valence-corrected chi connectivity index (χ1v) is 3.91. The monoisotopic (exact) mass is 201 g/mol. The van der Waals surface area contributed by atoms with Crippen molar-refractivity contribution in [1.29, 1.82) is 5.41 Å². The van der Waals surface area contributed by atoms with Crippen molar-refractivity contribution in [1.82, 2.24) is 0 Å². The maximum absolute atomic E-state index is 11.6. The minimum atomic E-state index is -1.53. The molecule has 1 N–H and O–H groups in total. The van der Waals surface area contributed by atoms with E-state index >= 15 is 0 Å². The van der Waals surface area contributed by atoms with E-state index in [4.69, 9.17) is 19.6 Å². The third-order valence-corrected chi connectivity index (χ3v) is 2.00. The van der Waals surface area contributed by atoms with Gasteiger partial charge in [-0.15, -0.1) is 0 Å². The Morgan fingerprint density at radius 2 is 2.00 bits per heavy atom. The van der Waals surface area contributed by atoms with Gasteiger partial charge in [-0.25, -0.2) is 0 Å². The van der Waals surface area contributed by atoms with Crippen LogP contribution in [0, 0.1) is 5.41 Å². The Labute approximate surface area is 80.6 Å². The van der Waals surface area contributed by atoms with Gasteiger partial charge in [0.1, 0.15) is 0 Å². The fourth-order valence-corrected chi connectivity index (χ4v) is 1.10. The number of methoxy groups -OCH3 is 2. The Bertz CT molecular complexity index is 267. The van der Waals surface area contributed by atoms with Gasteiger partial charge < -0.3 is 19.6 Å². The van der Waals surface area contributed by atoms with Gasteiger partial charge in [-0.2, -0.15) is 0 Å². The third kappa shape index (κ3) is 1.59. The molecule has 1 saturated heterocycles. The van der Waals surface area contributed by atoms with Crippen molar-refractivity contribution in [3.8, 4) is 0 Å². The summed E-state index contributed by atoms with van der Waals surface area (Å²) in [7, 11) is 2.58. The van der Waals surface area contributed by atoms with E-state index in [0.717, 1.165) is 0 Å². The molecule has 0 bridgehead atoms. The van der Waals surface area contributed by atoms with Crippen molar-refractivity contribution < 1.29 is 23.8 Å². The van der Waals surface area contributed by atoms with Crippen LogP contribution < -0.4 is 0 Å². The van der Waals surface area contributed by atoms with Gasteiger partial charge in [0, 0.05) is 14.2 Å². The summed E-state index contributed by atoms with van der Waals surface area (Å²) in [5.41, 5.74) is -1.53. The molecule has 0 amide bonds. The summed E-state index contributed by atoms with van der Waals surface area (Å²) in [5, 5.41) is 6.76. The van der Waals surface area contributed by atoms with E-state index in [1.165, 1.54) is 14.2 Å². The molecule has 6 heteroatoms. The number of hydrogen-bond acceptors (Lipinski definition) is 6. The van der Waals surface area contributed by atoms with E-state index in [9.17, 15) is 9.59 Å². The van der Waals surface area contributed by atoms with Crippen molar-refractivity contribution in [2.45, 2.75) is 11.9 Å². The highest BCUT2D eigenvalue weighted by Gasteiger charge is 2.60. The molecular weight excluding hydrogens is 190 g/mol. The number of Topliss-reactive ketones (excluding diaryl/α,β-unsaturated/α-hetero) is 2. The number of nitrogens with one attached hydrogen (secondary N) is 1. The van der Waals surface area contributed by atoms with Crippen molar-refractivity contribution >= 4 is 17.8 Å². The van der Waals surface area contributed by atoms with Crippen LogP contribution in [0.25, 0.3) is 0 Å². The van der Waals surface area contributed by atoms with E-state index in [2.05, 4.69) is 0 Å². The van der Waals surface area contributed by atoms with Crippen LogP contribution in [-0.4, -0.2) is 50.5 Å². The first-order valence-electron chi connectivity index (χ1n) is 3.91. The summed E-state index contributed by atoms with van der Waals surface area (Å²) in [6.45, 7) is -0.0106. The molecule has 1 heterocycles. The van der Waals surface area contributed by atoms with E-state index in [1.54, 1.807) is 0 Å². The lowest BCUT2D eigenvalue weighted by Crippen LogP contribution is -2.43. The summed E-state index contributed by atoms with van der Waals surface area (Å²) in [6.07, 6.45) is -0.561. The molecule has 0 saturated carbocycles. The molecule has 1 aliphatic heterocycles. The normalized spacial score (nSPS) is 24.8. The van der Waals surface area contributed by atoms with Crippen LogP contribution in [0.15, 0.2) is 0 Å². The number of ether oxygens (including phenoxy) is 3. The molecule has 0 aromatic heterocycles. The molecule has 6 nitrogen and oxygen atoms in total. The Morgan fingerprint density at radius 1 is 1.50 bits per heavy atom. The quantitative estimate of drug-likeness (QED) is 0.262. The van der Waals surface area contributed by atoms with Gasteiger partial charge in [0.25, 0.3) is 0 Å². The van der Waals surface area contributed by atoms with Gasteiger partial charge in [-0.3, -0.25) is 9.59 Å². The lowest BCUT2D eigenvalue weighted by atomic mass is 10.00. The number of epoxide rings is 1. The van der Waals surface area contributed by atoms with Gasteiger partial charge in [-0.1, -0.05) is 0 Å². The fourth-order valence-electron chi connectivity index (χ4n) is 1.10. The van der Waals surface area contributed by atoms with Crippen LogP contribution >= 0.6 is 0 Å². The van der Waals surface area contributed by atoms with Gasteiger partial charge >= 0.3 is 0 Å². The van der Waals surface area contributed by atoms with Crippen molar-refractivity contribution in [3.05, 3.63) is 0 Å². The van der Waals surface area contributed by atoms with Gasteiger partial charge in [-0.05, 0) is 0 Å². The molecule has 0 spiro atoms. The van der Waals surface area contributed by atoms with Gasteiger partial charge in [0.15, 0.2) is 0 Å². The summed E-state index contributed by atoms with van der Waals surface area (Å²) >= 11 is 0. The summed E-state index contributed by atoms with van der Waals surface area (Å²) < 4.78 is 14.2. The highest BCUT2D eigenvalue weighted by atomic mass is 16.7. The first kappa shape index (κ1) is 11.0. The standard InChI is InChI=1S/C8H11NO5/c1-12-7(13-2)6(11)8(4-14-8)5(10)3-9/h3,7,9H,4H2,1-2H3/t8-/m0/s1.